The van der Waals surface area contributed by atoms with Crippen LogP contribution in [0.3, 0.4) is 0 Å². The standard InChI is InChI=1S/C2H2ClN/c3-2-1-4-2/h1-2H. The molecule has 1 nitrogen and oxygen atoms in total. The van der Waals surface area contributed by atoms with Crippen LogP contribution in [0, 0.1) is 0 Å². The molecule has 0 fully saturated rings. The third kappa shape index (κ3) is 0.206. The van der Waals surface area contributed by atoms with Crippen molar-refractivity contribution in [2.45, 2.75) is 5.50 Å². The van der Waals surface area contributed by atoms with Gasteiger partial charge in [0.15, 0.2) is 5.50 Å². The summed E-state index contributed by atoms with van der Waals surface area (Å²) >= 11 is 5.16. The van der Waals surface area contributed by atoms with Gasteiger partial charge < -0.3 is 0 Å². The van der Waals surface area contributed by atoms with Crippen LogP contribution in [0.15, 0.2) is 4.99 Å². The Hall–Kier alpha value is -0.0400. The van der Waals surface area contributed by atoms with Gasteiger partial charge in [-0.15, -0.1) is 0 Å². The third-order valence-corrected chi connectivity index (χ3v) is 0.487. The van der Waals surface area contributed by atoms with E-state index < -0.39 is 0 Å². The second-order valence-electron chi connectivity index (χ2n) is 0.671. The van der Waals surface area contributed by atoms with E-state index in [9.17, 15) is 0 Å². The van der Waals surface area contributed by atoms with Gasteiger partial charge in [-0.2, -0.15) is 0 Å². The van der Waals surface area contributed by atoms with Crippen LogP contribution >= 0.6 is 11.6 Å². The fourth-order valence-corrected chi connectivity index (χ4v) is 0.0976. The van der Waals surface area contributed by atoms with Crippen molar-refractivity contribution in [3.05, 3.63) is 0 Å². The van der Waals surface area contributed by atoms with Crippen molar-refractivity contribution < 1.29 is 0 Å². The molecule has 1 aliphatic rings. The predicted molar refractivity (Wildman–Crippen MR) is 18.1 cm³/mol. The molecule has 1 heterocycles. The smallest absolute Gasteiger partial charge is 0.158 e. The van der Waals surface area contributed by atoms with Gasteiger partial charge >= 0.3 is 0 Å². The summed E-state index contributed by atoms with van der Waals surface area (Å²) in [7, 11) is 0. The lowest BCUT2D eigenvalue weighted by molar-refractivity contribution is 1.45. The van der Waals surface area contributed by atoms with Crippen LogP contribution in [0.25, 0.3) is 0 Å². The number of halogens is 1. The molecule has 0 saturated carbocycles. The van der Waals surface area contributed by atoms with Crippen molar-refractivity contribution in [1.29, 1.82) is 0 Å². The Labute approximate surface area is 29.3 Å². The molecule has 4 heavy (non-hydrogen) atoms. The summed E-state index contributed by atoms with van der Waals surface area (Å²) in [6, 6.07) is 0. The Bertz CT molecular complexity index is 44.0. The fraction of sp³-hybridized carbons (Fsp3) is 0.500. The lowest BCUT2D eigenvalue weighted by Gasteiger charge is -1.51. The van der Waals surface area contributed by atoms with Gasteiger partial charge in [0.05, 0.1) is 0 Å². The summed E-state index contributed by atoms with van der Waals surface area (Å²) in [6.45, 7) is 0. The molecule has 0 N–H and O–H groups in total. The van der Waals surface area contributed by atoms with E-state index in [-0.39, 0.29) is 5.50 Å². The second kappa shape index (κ2) is 0.462. The van der Waals surface area contributed by atoms with Crippen LogP contribution in [0.5, 0.6) is 0 Å². The van der Waals surface area contributed by atoms with E-state index in [1.54, 1.807) is 6.21 Å². The van der Waals surface area contributed by atoms with E-state index in [0.29, 0.717) is 0 Å². The number of nitrogens with zero attached hydrogens (tertiary/aromatic N) is 1. The van der Waals surface area contributed by atoms with Crippen LogP contribution in [0.2, 0.25) is 0 Å². The molecule has 1 atom stereocenters. The molecule has 0 spiro atoms. The molecule has 0 aromatic carbocycles. The van der Waals surface area contributed by atoms with E-state index in [2.05, 4.69) is 4.99 Å². The SMILES string of the molecule is ClC1C=N1. The third-order valence-electron chi connectivity index (χ3n) is 0.262. The highest BCUT2D eigenvalue weighted by Gasteiger charge is 2.03. The maximum absolute atomic E-state index is 5.16. The molecule has 2 heteroatoms. The van der Waals surface area contributed by atoms with Crippen LogP contribution in [0.4, 0.5) is 0 Å². The summed E-state index contributed by atoms with van der Waals surface area (Å²) in [5, 5.41) is 0. The summed E-state index contributed by atoms with van der Waals surface area (Å²) in [5.41, 5.74) is 0.0556. The van der Waals surface area contributed by atoms with E-state index in [1.807, 2.05) is 0 Å². The first-order valence-corrected chi connectivity index (χ1v) is 1.50. The maximum Gasteiger partial charge on any atom is 0.158 e. The Morgan fingerprint density at radius 1 is 2.00 bits per heavy atom. The molecular formula is C2H2ClN. The minimum atomic E-state index is 0.0556. The second-order valence-corrected chi connectivity index (χ2v) is 1.12. The van der Waals surface area contributed by atoms with Crippen LogP contribution < -0.4 is 0 Å². The first kappa shape index (κ1) is 2.21. The molecule has 0 aliphatic carbocycles. The lowest BCUT2D eigenvalue weighted by Crippen LogP contribution is -1.57. The summed E-state index contributed by atoms with van der Waals surface area (Å²) in [5.74, 6) is 0. The molecule has 1 rings (SSSR count). The van der Waals surface area contributed by atoms with Gasteiger partial charge in [0.1, 0.15) is 0 Å². The van der Waals surface area contributed by atoms with Crippen molar-refractivity contribution in [1.82, 2.24) is 0 Å². The first-order chi connectivity index (χ1) is 1.89. The molecule has 22 valence electrons. The van der Waals surface area contributed by atoms with E-state index in [4.69, 9.17) is 11.6 Å². The number of hydrogen-bond acceptors (Lipinski definition) is 1. The van der Waals surface area contributed by atoms with Crippen LogP contribution in [-0.4, -0.2) is 11.7 Å². The van der Waals surface area contributed by atoms with Gasteiger partial charge in [-0.25, -0.2) is 0 Å². The number of rotatable bonds is 0. The Morgan fingerprint density at radius 3 is 2.25 bits per heavy atom. The average molecular weight is 75.5 g/mol. The normalized spacial score (nSPS) is 35.8. The molecule has 1 aliphatic heterocycles. The van der Waals surface area contributed by atoms with Crippen LogP contribution in [-0.2, 0) is 0 Å². The number of alkyl halides is 1. The Kier molecular flexibility index (Phi) is 0.256. The van der Waals surface area contributed by atoms with Gasteiger partial charge in [-0.1, -0.05) is 11.6 Å². The summed E-state index contributed by atoms with van der Waals surface area (Å²) < 4.78 is 0. The van der Waals surface area contributed by atoms with Crippen molar-refractivity contribution in [3.8, 4) is 0 Å². The Balaban J connectivity index is 2.32. The fourth-order valence-electron chi connectivity index (χ4n) is 0.0325. The van der Waals surface area contributed by atoms with Crippen LogP contribution in [0.1, 0.15) is 0 Å². The molecule has 0 amide bonds. The molecule has 0 aromatic heterocycles. The molecular weight excluding hydrogens is 73.5 g/mol. The van der Waals surface area contributed by atoms with Crippen molar-refractivity contribution >= 4 is 17.8 Å². The van der Waals surface area contributed by atoms with Gasteiger partial charge in [0.2, 0.25) is 0 Å². The van der Waals surface area contributed by atoms with Gasteiger partial charge in [0.25, 0.3) is 0 Å². The van der Waals surface area contributed by atoms with Crippen molar-refractivity contribution in [2.24, 2.45) is 4.99 Å². The summed E-state index contributed by atoms with van der Waals surface area (Å²) in [6.07, 6.45) is 1.68. The zero-order valence-corrected chi connectivity index (χ0v) is 2.74. The van der Waals surface area contributed by atoms with Gasteiger partial charge in [-0.3, -0.25) is 4.99 Å². The highest BCUT2D eigenvalue weighted by Crippen LogP contribution is 2.03. The molecule has 0 bridgehead atoms. The maximum atomic E-state index is 5.16. The van der Waals surface area contributed by atoms with Gasteiger partial charge in [-0.05, 0) is 0 Å². The lowest BCUT2D eigenvalue weighted by atomic mass is 11.0. The number of aliphatic imine (C=N–C) groups is 1. The molecule has 0 saturated heterocycles. The minimum absolute atomic E-state index is 0.0556. The zero-order chi connectivity index (χ0) is 2.99. The molecule has 1 unspecified atom stereocenters. The molecule has 0 radical (unpaired) electrons. The van der Waals surface area contributed by atoms with E-state index in [1.165, 1.54) is 0 Å². The zero-order valence-electron chi connectivity index (χ0n) is 1.98. The number of hydrogen-bond donors (Lipinski definition) is 0. The highest BCUT2D eigenvalue weighted by molar-refractivity contribution is 6.32. The van der Waals surface area contributed by atoms with Crippen molar-refractivity contribution in [3.63, 3.8) is 0 Å². The van der Waals surface area contributed by atoms with Gasteiger partial charge in [0, 0.05) is 6.21 Å². The van der Waals surface area contributed by atoms with Crippen molar-refractivity contribution in [2.75, 3.05) is 0 Å². The first-order valence-electron chi connectivity index (χ1n) is 1.07. The molecule has 0 aromatic rings. The monoisotopic (exact) mass is 75.0 g/mol. The van der Waals surface area contributed by atoms with E-state index >= 15 is 0 Å². The van der Waals surface area contributed by atoms with E-state index in [0.717, 1.165) is 0 Å². The predicted octanol–water partition coefficient (Wildman–Crippen LogP) is 0.636. The quantitative estimate of drug-likeness (QED) is 0.296. The largest absolute Gasteiger partial charge is 0.269 e. The average Bonchev–Trinajstić information content (AvgIpc) is 1.75. The highest BCUT2D eigenvalue weighted by atomic mass is 35.5. The summed E-state index contributed by atoms with van der Waals surface area (Å²) in [4.78, 5) is 3.54. The Morgan fingerprint density at radius 2 is 2.25 bits per heavy atom. The minimum Gasteiger partial charge on any atom is -0.269 e. The topological polar surface area (TPSA) is 12.4 Å².